The van der Waals surface area contributed by atoms with Gasteiger partial charge in [0.15, 0.2) is 11.5 Å². The number of nitrogens with one attached hydrogen (secondary N) is 1. The van der Waals surface area contributed by atoms with Crippen molar-refractivity contribution < 1.29 is 34.2 Å². The summed E-state index contributed by atoms with van der Waals surface area (Å²) in [5.74, 6) is 0.0287. The molecule has 0 amide bonds. The molecule has 0 radical (unpaired) electrons. The minimum atomic E-state index is -4.89. The Labute approximate surface area is 174 Å². The molecule has 2 heterocycles. The van der Waals surface area contributed by atoms with Gasteiger partial charge in [-0.1, -0.05) is 26.0 Å². The van der Waals surface area contributed by atoms with Gasteiger partial charge in [0.1, 0.15) is 18.3 Å². The number of aromatic amines is 1. The summed E-state index contributed by atoms with van der Waals surface area (Å²) in [6.45, 7) is 2.56. The first-order valence-corrected chi connectivity index (χ1v) is 10.9. The third kappa shape index (κ3) is 5.15. The van der Waals surface area contributed by atoms with E-state index in [4.69, 9.17) is 9.79 Å². The summed E-state index contributed by atoms with van der Waals surface area (Å²) in [4.78, 5) is 51.6. The first-order chi connectivity index (χ1) is 14.4. The number of hydrogen-bond acceptors (Lipinski definition) is 9. The molecule has 3 rings (SSSR count). The van der Waals surface area contributed by atoms with Crippen molar-refractivity contribution in [3.8, 4) is 11.5 Å². The highest BCUT2D eigenvalue weighted by Gasteiger charge is 2.30. The number of hydrogen-bond donors (Lipinski definition) is 6. The van der Waals surface area contributed by atoms with Crippen LogP contribution in [-0.4, -0.2) is 69.5 Å². The van der Waals surface area contributed by atoms with Crippen molar-refractivity contribution in [3.63, 3.8) is 0 Å². The van der Waals surface area contributed by atoms with Crippen LogP contribution < -0.4 is 21.9 Å². The van der Waals surface area contributed by atoms with Gasteiger partial charge in [0, 0.05) is 0 Å². The first kappa shape index (κ1) is 23.4. The van der Waals surface area contributed by atoms with Crippen LogP contribution in [0.5, 0.6) is 0 Å². The van der Waals surface area contributed by atoms with Gasteiger partial charge < -0.3 is 29.7 Å². The summed E-state index contributed by atoms with van der Waals surface area (Å²) in [5, 5.41) is 31.5. The third-order valence-corrected chi connectivity index (χ3v) is 5.62. The van der Waals surface area contributed by atoms with Crippen LogP contribution in [-0.2, 0) is 15.6 Å². The molecule has 13 nitrogen and oxygen atoms in total. The van der Waals surface area contributed by atoms with Crippen molar-refractivity contribution in [3.05, 3.63) is 31.5 Å². The van der Waals surface area contributed by atoms with Gasteiger partial charge >= 0.3 is 13.5 Å². The molecule has 6 N–H and O–H groups in total. The molecular weight excluding hydrogens is 435 g/mol. The van der Waals surface area contributed by atoms with E-state index in [1.807, 2.05) is 31.0 Å². The normalized spacial score (nSPS) is 21.6. The summed E-state index contributed by atoms with van der Waals surface area (Å²) >= 11 is 0. The Morgan fingerprint density at radius 2 is 1.77 bits per heavy atom. The molecule has 0 saturated carbocycles. The van der Waals surface area contributed by atoms with Gasteiger partial charge in [-0.3, -0.25) is 14.3 Å². The largest absolute Gasteiger partial charge is 0.469 e. The van der Waals surface area contributed by atoms with Crippen molar-refractivity contribution in [1.82, 2.24) is 19.5 Å². The molecule has 31 heavy (non-hydrogen) atoms. The Kier molecular flexibility index (Phi) is 6.58. The van der Waals surface area contributed by atoms with E-state index < -0.39 is 50.5 Å². The van der Waals surface area contributed by atoms with Crippen LogP contribution in [0.3, 0.4) is 0 Å². The molecule has 5 atom stereocenters. The lowest BCUT2D eigenvalue weighted by Crippen LogP contribution is -2.50. The highest BCUT2D eigenvalue weighted by molar-refractivity contribution is 7.46. The van der Waals surface area contributed by atoms with Gasteiger partial charge in [0.05, 0.1) is 23.8 Å². The highest BCUT2D eigenvalue weighted by Crippen LogP contribution is 2.35. The van der Waals surface area contributed by atoms with Gasteiger partial charge in [-0.15, -0.1) is 0 Å². The fraction of sp³-hybridized carbons (Fsp3) is 0.529. The maximum atomic E-state index is 12.3. The number of rotatable bonds is 7. The minimum absolute atomic E-state index is 0.0519. The van der Waals surface area contributed by atoms with Crippen LogP contribution in [0.1, 0.15) is 13.8 Å². The number of aliphatic hydroxyl groups is 3. The summed E-state index contributed by atoms with van der Waals surface area (Å²) in [5.41, 5.74) is -1.83. The summed E-state index contributed by atoms with van der Waals surface area (Å²) < 4.78 is 16.3. The maximum Gasteiger partial charge on any atom is 0.469 e. The summed E-state index contributed by atoms with van der Waals surface area (Å²) in [6.07, 6.45) is -1.71. The van der Waals surface area contributed by atoms with E-state index in [-0.39, 0.29) is 23.4 Å². The van der Waals surface area contributed by atoms with E-state index in [1.54, 1.807) is 0 Å². The van der Waals surface area contributed by atoms with E-state index in [0.717, 1.165) is 0 Å². The van der Waals surface area contributed by atoms with Crippen LogP contribution >= 0.6 is 7.82 Å². The van der Waals surface area contributed by atoms with E-state index in [1.165, 1.54) is 4.57 Å². The molecule has 0 aromatic heterocycles. The second kappa shape index (κ2) is 8.71. The SMILES string of the molecule is CC1C=c2nc3c(=O)[nH]c(=O)nc-3n(CC(O)C(O)C(O)COP(=O)(O)O)c2=CC1C. The maximum absolute atomic E-state index is 12.3. The van der Waals surface area contributed by atoms with Crippen molar-refractivity contribution in [1.29, 1.82) is 0 Å². The van der Waals surface area contributed by atoms with E-state index in [2.05, 4.69) is 14.5 Å². The molecule has 2 aliphatic heterocycles. The van der Waals surface area contributed by atoms with E-state index in [9.17, 15) is 29.5 Å². The van der Waals surface area contributed by atoms with Crippen molar-refractivity contribution >= 4 is 20.0 Å². The molecule has 14 heteroatoms. The van der Waals surface area contributed by atoms with Crippen LogP contribution in [0.15, 0.2) is 9.59 Å². The lowest BCUT2D eigenvalue weighted by molar-refractivity contribution is -0.0798. The minimum Gasteiger partial charge on any atom is -0.388 e. The number of fused-ring (bicyclic) bond motifs is 2. The van der Waals surface area contributed by atoms with Crippen LogP contribution in [0, 0.1) is 11.8 Å². The molecule has 5 unspecified atom stereocenters. The van der Waals surface area contributed by atoms with Gasteiger partial charge in [0.25, 0.3) is 5.56 Å². The van der Waals surface area contributed by atoms with Crippen LogP contribution in [0.25, 0.3) is 23.7 Å². The second-order valence-electron chi connectivity index (χ2n) is 7.50. The number of aromatic nitrogens is 4. The highest BCUT2D eigenvalue weighted by atomic mass is 31.2. The quantitative estimate of drug-likeness (QED) is 0.224. The molecule has 0 aromatic carbocycles. The third-order valence-electron chi connectivity index (χ3n) is 5.14. The Hall–Kier alpha value is -2.25. The fourth-order valence-electron chi connectivity index (χ4n) is 3.26. The predicted molar refractivity (Wildman–Crippen MR) is 106 cm³/mol. The summed E-state index contributed by atoms with van der Waals surface area (Å²) in [7, 11) is -4.89. The zero-order chi connectivity index (χ0) is 23.1. The van der Waals surface area contributed by atoms with E-state index >= 15 is 0 Å². The molecular formula is C17H23N4O9P. The van der Waals surface area contributed by atoms with Crippen molar-refractivity contribution in [2.45, 2.75) is 38.7 Å². The Morgan fingerprint density at radius 3 is 2.42 bits per heavy atom. The number of phosphoric ester groups is 1. The lowest BCUT2D eigenvalue weighted by atomic mass is 9.92. The smallest absolute Gasteiger partial charge is 0.388 e. The van der Waals surface area contributed by atoms with Gasteiger partial charge in [0.2, 0.25) is 0 Å². The Balaban J connectivity index is 2.05. The fourth-order valence-corrected chi connectivity index (χ4v) is 3.61. The Morgan fingerprint density at radius 1 is 1.13 bits per heavy atom. The zero-order valence-electron chi connectivity index (χ0n) is 16.6. The number of aliphatic hydroxyl groups excluding tert-OH is 3. The predicted octanol–water partition coefficient (Wildman–Crippen LogP) is -3.53. The first-order valence-electron chi connectivity index (χ1n) is 9.36. The number of nitrogens with zero attached hydrogens (tertiary/aromatic N) is 3. The molecule has 0 saturated heterocycles. The standard InChI is InChI=1S/C17H23N4O9P/c1-7-3-9-10(4-8(7)2)21(15-13(18-9)16(25)20-17(26)19-15)5-11(22)14(24)12(23)6-30-31(27,28)29/h3-4,7-8,11-12,14,22-24H,5-6H2,1-2H3,(H,20,25,26)(H2,27,28,29). The second-order valence-corrected chi connectivity index (χ2v) is 8.74. The molecule has 170 valence electrons. The number of H-pyrrole nitrogens is 1. The summed E-state index contributed by atoms with van der Waals surface area (Å²) in [6, 6.07) is 0. The molecule has 0 bridgehead atoms. The topological polar surface area (TPSA) is 208 Å². The molecule has 3 aliphatic rings. The average Bonchev–Trinajstić information content (AvgIpc) is 2.67. The van der Waals surface area contributed by atoms with E-state index in [0.29, 0.717) is 10.7 Å². The molecule has 1 aliphatic carbocycles. The van der Waals surface area contributed by atoms with Gasteiger partial charge in [-0.2, -0.15) is 4.98 Å². The van der Waals surface area contributed by atoms with Gasteiger partial charge in [-0.25, -0.2) is 14.3 Å². The molecule has 0 aromatic rings. The van der Waals surface area contributed by atoms with Crippen LogP contribution in [0.4, 0.5) is 0 Å². The van der Waals surface area contributed by atoms with Crippen molar-refractivity contribution in [2.24, 2.45) is 11.8 Å². The van der Waals surface area contributed by atoms with Crippen molar-refractivity contribution in [2.75, 3.05) is 6.61 Å². The van der Waals surface area contributed by atoms with Gasteiger partial charge in [-0.05, 0) is 11.8 Å². The molecule has 0 fully saturated rings. The average molecular weight is 458 g/mol. The zero-order valence-corrected chi connectivity index (χ0v) is 17.5. The monoisotopic (exact) mass is 458 g/mol. The Bertz CT molecular complexity index is 1220. The molecule has 0 spiro atoms. The van der Waals surface area contributed by atoms with Crippen LogP contribution in [0.2, 0.25) is 0 Å². The lowest BCUT2D eigenvalue weighted by Gasteiger charge is -2.26. The number of phosphoric acid groups is 1.